The number of hydrogen-bond donors (Lipinski definition) is 2. The molecule has 1 aromatic rings. The molecule has 1 saturated carbocycles. The molecule has 2 atom stereocenters. The Morgan fingerprint density at radius 2 is 2.06 bits per heavy atom. The number of phenols is 1. The van der Waals surface area contributed by atoms with E-state index in [1.807, 2.05) is 12.1 Å². The third-order valence-electron chi connectivity index (χ3n) is 4.33. The lowest BCUT2D eigenvalue weighted by molar-refractivity contribution is 0.290. The molecule has 0 spiro atoms. The number of phenolic OH excluding ortho intramolecular Hbond substituents is 1. The Labute approximate surface area is 104 Å². The summed E-state index contributed by atoms with van der Waals surface area (Å²) in [5.41, 5.74) is 7.61. The zero-order valence-electron chi connectivity index (χ0n) is 10.7. The van der Waals surface area contributed by atoms with Gasteiger partial charge in [-0.25, -0.2) is 0 Å². The van der Waals surface area contributed by atoms with Gasteiger partial charge in [0.1, 0.15) is 5.75 Å². The molecule has 0 bridgehead atoms. The summed E-state index contributed by atoms with van der Waals surface area (Å²) in [6, 6.07) is 7.58. The largest absolute Gasteiger partial charge is 0.508 e. The topological polar surface area (TPSA) is 46.2 Å². The molecule has 0 amide bonds. The van der Waals surface area contributed by atoms with Crippen molar-refractivity contribution in [1.29, 1.82) is 0 Å². The lowest BCUT2D eigenvalue weighted by Gasteiger charge is -2.28. The summed E-state index contributed by atoms with van der Waals surface area (Å²) in [4.78, 5) is 0. The van der Waals surface area contributed by atoms with Crippen molar-refractivity contribution in [2.24, 2.45) is 17.1 Å². The van der Waals surface area contributed by atoms with Crippen molar-refractivity contribution >= 4 is 0 Å². The molecule has 2 rings (SSSR count). The van der Waals surface area contributed by atoms with E-state index in [2.05, 4.69) is 6.92 Å². The van der Waals surface area contributed by atoms with Gasteiger partial charge in [0.2, 0.25) is 0 Å². The summed E-state index contributed by atoms with van der Waals surface area (Å²) in [6.07, 6.45) is 6.17. The van der Waals surface area contributed by atoms with Gasteiger partial charge in [0.15, 0.2) is 0 Å². The van der Waals surface area contributed by atoms with E-state index in [1.54, 1.807) is 12.1 Å². The number of rotatable bonds is 4. The zero-order valence-corrected chi connectivity index (χ0v) is 10.7. The van der Waals surface area contributed by atoms with Crippen LogP contribution in [0.1, 0.15) is 38.2 Å². The average molecular weight is 233 g/mol. The monoisotopic (exact) mass is 233 g/mol. The second-order valence-corrected chi connectivity index (χ2v) is 5.56. The number of benzene rings is 1. The third kappa shape index (κ3) is 2.81. The fourth-order valence-electron chi connectivity index (χ4n) is 3.14. The van der Waals surface area contributed by atoms with Crippen molar-refractivity contribution in [2.45, 2.75) is 39.0 Å². The van der Waals surface area contributed by atoms with Crippen LogP contribution in [-0.2, 0) is 6.42 Å². The fraction of sp³-hybridized carbons (Fsp3) is 0.600. The van der Waals surface area contributed by atoms with Crippen molar-refractivity contribution in [1.82, 2.24) is 0 Å². The van der Waals surface area contributed by atoms with E-state index >= 15 is 0 Å². The van der Waals surface area contributed by atoms with E-state index < -0.39 is 0 Å². The summed E-state index contributed by atoms with van der Waals surface area (Å²) in [7, 11) is 0. The van der Waals surface area contributed by atoms with Gasteiger partial charge in [0.25, 0.3) is 0 Å². The van der Waals surface area contributed by atoms with Crippen LogP contribution in [0.2, 0.25) is 0 Å². The van der Waals surface area contributed by atoms with Crippen LogP contribution < -0.4 is 5.73 Å². The molecular formula is C15H23NO. The Morgan fingerprint density at radius 3 is 2.59 bits per heavy atom. The molecule has 2 unspecified atom stereocenters. The number of nitrogens with two attached hydrogens (primary N) is 1. The average Bonchev–Trinajstić information content (AvgIpc) is 2.76. The molecule has 1 aliphatic rings. The van der Waals surface area contributed by atoms with Crippen molar-refractivity contribution in [3.8, 4) is 5.75 Å². The number of hydrogen-bond acceptors (Lipinski definition) is 2. The van der Waals surface area contributed by atoms with Gasteiger partial charge >= 0.3 is 0 Å². The molecule has 0 aliphatic heterocycles. The van der Waals surface area contributed by atoms with E-state index in [4.69, 9.17) is 5.73 Å². The van der Waals surface area contributed by atoms with Gasteiger partial charge in [0.05, 0.1) is 0 Å². The standard InChI is InChI=1S/C15H23NO/c1-2-12-7-8-15(9-12,11-16)10-13-3-5-14(17)6-4-13/h3-6,12,17H,2,7-11,16H2,1H3. The quantitative estimate of drug-likeness (QED) is 0.839. The SMILES string of the molecule is CCC1CCC(CN)(Cc2ccc(O)cc2)C1. The summed E-state index contributed by atoms with van der Waals surface area (Å²) in [5.74, 6) is 1.20. The first-order chi connectivity index (χ1) is 8.17. The van der Waals surface area contributed by atoms with Gasteiger partial charge in [-0.05, 0) is 61.3 Å². The van der Waals surface area contributed by atoms with Crippen LogP contribution in [0.5, 0.6) is 5.75 Å². The predicted octanol–water partition coefficient (Wildman–Crippen LogP) is 3.09. The molecule has 0 saturated heterocycles. The number of aromatic hydroxyl groups is 1. The molecule has 17 heavy (non-hydrogen) atoms. The van der Waals surface area contributed by atoms with Crippen LogP contribution in [0.4, 0.5) is 0 Å². The van der Waals surface area contributed by atoms with Crippen molar-refractivity contribution in [2.75, 3.05) is 6.54 Å². The maximum Gasteiger partial charge on any atom is 0.115 e. The Hall–Kier alpha value is -1.02. The normalized spacial score (nSPS) is 28.5. The smallest absolute Gasteiger partial charge is 0.115 e. The second kappa shape index (κ2) is 5.09. The summed E-state index contributed by atoms with van der Waals surface area (Å²) in [5, 5.41) is 9.29. The molecule has 3 N–H and O–H groups in total. The Morgan fingerprint density at radius 1 is 1.35 bits per heavy atom. The molecule has 0 heterocycles. The van der Waals surface area contributed by atoms with E-state index in [0.717, 1.165) is 18.9 Å². The Bertz CT molecular complexity index is 360. The minimum Gasteiger partial charge on any atom is -0.508 e. The highest BCUT2D eigenvalue weighted by atomic mass is 16.3. The molecule has 2 heteroatoms. The highest BCUT2D eigenvalue weighted by molar-refractivity contribution is 5.27. The van der Waals surface area contributed by atoms with E-state index in [1.165, 1.54) is 31.2 Å². The first-order valence-electron chi connectivity index (χ1n) is 6.65. The van der Waals surface area contributed by atoms with Crippen molar-refractivity contribution in [3.63, 3.8) is 0 Å². The van der Waals surface area contributed by atoms with Crippen LogP contribution in [0.3, 0.4) is 0 Å². The molecule has 94 valence electrons. The maximum atomic E-state index is 9.29. The molecule has 1 aliphatic carbocycles. The van der Waals surface area contributed by atoms with Crippen LogP contribution >= 0.6 is 0 Å². The van der Waals surface area contributed by atoms with E-state index in [9.17, 15) is 5.11 Å². The van der Waals surface area contributed by atoms with Crippen LogP contribution in [0, 0.1) is 11.3 Å². The van der Waals surface area contributed by atoms with Crippen LogP contribution in [0.15, 0.2) is 24.3 Å². The molecular weight excluding hydrogens is 210 g/mol. The minimum absolute atomic E-state index is 0.303. The second-order valence-electron chi connectivity index (χ2n) is 5.56. The minimum atomic E-state index is 0.303. The summed E-state index contributed by atoms with van der Waals surface area (Å²) in [6.45, 7) is 3.06. The molecule has 1 aromatic carbocycles. The van der Waals surface area contributed by atoms with E-state index in [-0.39, 0.29) is 0 Å². The van der Waals surface area contributed by atoms with Crippen LogP contribution in [0.25, 0.3) is 0 Å². The first-order valence-corrected chi connectivity index (χ1v) is 6.65. The van der Waals surface area contributed by atoms with Crippen LogP contribution in [-0.4, -0.2) is 11.7 Å². The van der Waals surface area contributed by atoms with Crippen molar-refractivity contribution < 1.29 is 5.11 Å². The summed E-state index contributed by atoms with van der Waals surface area (Å²) >= 11 is 0. The van der Waals surface area contributed by atoms with Crippen molar-refractivity contribution in [3.05, 3.63) is 29.8 Å². The highest BCUT2D eigenvalue weighted by Gasteiger charge is 2.37. The fourth-order valence-corrected chi connectivity index (χ4v) is 3.14. The van der Waals surface area contributed by atoms with Gasteiger partial charge in [-0.1, -0.05) is 25.5 Å². The predicted molar refractivity (Wildman–Crippen MR) is 70.9 cm³/mol. The highest BCUT2D eigenvalue weighted by Crippen LogP contribution is 2.44. The van der Waals surface area contributed by atoms with Gasteiger partial charge < -0.3 is 10.8 Å². The maximum absolute atomic E-state index is 9.29. The zero-order chi connectivity index (χ0) is 12.3. The van der Waals surface area contributed by atoms with Gasteiger partial charge in [0, 0.05) is 0 Å². The molecule has 0 aromatic heterocycles. The molecule has 1 fully saturated rings. The first kappa shape index (κ1) is 12.4. The lowest BCUT2D eigenvalue weighted by atomic mass is 9.79. The van der Waals surface area contributed by atoms with E-state index in [0.29, 0.717) is 11.2 Å². The molecule has 2 nitrogen and oxygen atoms in total. The Kier molecular flexibility index (Phi) is 3.72. The lowest BCUT2D eigenvalue weighted by Crippen LogP contribution is -2.30. The van der Waals surface area contributed by atoms with Gasteiger partial charge in [-0.2, -0.15) is 0 Å². The van der Waals surface area contributed by atoms with Gasteiger partial charge in [-0.3, -0.25) is 0 Å². The molecule has 0 radical (unpaired) electrons. The Balaban J connectivity index is 2.07. The summed E-state index contributed by atoms with van der Waals surface area (Å²) < 4.78 is 0. The third-order valence-corrected chi connectivity index (χ3v) is 4.33. The van der Waals surface area contributed by atoms with Gasteiger partial charge in [-0.15, -0.1) is 0 Å².